The van der Waals surface area contributed by atoms with Gasteiger partial charge in [-0.1, -0.05) is 28.9 Å². The van der Waals surface area contributed by atoms with E-state index in [4.69, 9.17) is 20.9 Å². The Kier molecular flexibility index (Phi) is 4.21. The van der Waals surface area contributed by atoms with Gasteiger partial charge in [0.1, 0.15) is 0 Å². The highest BCUT2D eigenvalue weighted by Gasteiger charge is 2.17. The molecule has 0 amide bonds. The molecule has 1 N–H and O–H groups in total. The number of nitrogens with one attached hydrogen (secondary N) is 1. The van der Waals surface area contributed by atoms with Crippen LogP contribution in [0.5, 0.6) is 0 Å². The molecular weight excluding hydrogens is 342 g/mol. The zero-order valence-corrected chi connectivity index (χ0v) is 13.9. The van der Waals surface area contributed by atoms with Crippen LogP contribution in [0.3, 0.4) is 0 Å². The topological polar surface area (TPSA) is 81.0 Å². The molecule has 25 heavy (non-hydrogen) atoms. The minimum absolute atomic E-state index is 0.230. The van der Waals surface area contributed by atoms with E-state index in [1.54, 1.807) is 18.2 Å². The van der Waals surface area contributed by atoms with E-state index in [1.165, 1.54) is 0 Å². The Balaban J connectivity index is 1.62. The quantitative estimate of drug-likeness (QED) is 0.779. The van der Waals surface area contributed by atoms with Crippen LogP contribution in [0.2, 0.25) is 5.02 Å². The van der Waals surface area contributed by atoms with Gasteiger partial charge in [0.25, 0.3) is 11.4 Å². The highest BCUT2D eigenvalue weighted by Crippen LogP contribution is 2.19. The van der Waals surface area contributed by atoms with E-state index in [0.29, 0.717) is 36.1 Å². The Morgan fingerprint density at radius 3 is 3.04 bits per heavy atom. The number of halogens is 1. The Hall–Kier alpha value is -2.70. The summed E-state index contributed by atoms with van der Waals surface area (Å²) in [4.78, 5) is 19.4. The number of hydrogen-bond donors (Lipinski definition) is 1. The molecule has 0 spiro atoms. The third-order valence-corrected chi connectivity index (χ3v) is 4.15. The first-order valence-electron chi connectivity index (χ1n) is 7.79. The fourth-order valence-corrected chi connectivity index (χ4v) is 2.87. The van der Waals surface area contributed by atoms with Crippen LogP contribution in [0.15, 0.2) is 39.6 Å². The second-order valence-electron chi connectivity index (χ2n) is 5.66. The molecule has 6 nitrogen and oxygen atoms in total. The van der Waals surface area contributed by atoms with Gasteiger partial charge in [-0.25, -0.2) is 0 Å². The van der Waals surface area contributed by atoms with Crippen LogP contribution in [0.25, 0.3) is 23.5 Å². The van der Waals surface area contributed by atoms with Gasteiger partial charge in [-0.15, -0.1) is 0 Å². The van der Waals surface area contributed by atoms with Crippen molar-refractivity contribution in [2.24, 2.45) is 0 Å². The van der Waals surface area contributed by atoms with E-state index in [0.717, 1.165) is 16.8 Å². The fourth-order valence-electron chi connectivity index (χ4n) is 2.68. The van der Waals surface area contributed by atoms with E-state index >= 15 is 0 Å². The maximum atomic E-state index is 12.3. The summed E-state index contributed by atoms with van der Waals surface area (Å²) in [6.45, 7) is 1.08. The summed E-state index contributed by atoms with van der Waals surface area (Å²) in [6, 6.07) is 9.16. The second-order valence-corrected chi connectivity index (χ2v) is 6.10. The standard InChI is InChI=1S/C18H14ClN3O3/c19-13-3-1-2-11(8-13)4-5-16-21-17(22-25-16)14-9-12-10-24-7-6-15(12)20-18(14)23/h1-5,8-9H,6-7,10H2,(H,20,23)/b5-4+. The summed E-state index contributed by atoms with van der Waals surface area (Å²) < 4.78 is 10.6. The monoisotopic (exact) mass is 355 g/mol. The molecule has 1 aliphatic heterocycles. The summed E-state index contributed by atoms with van der Waals surface area (Å²) in [5.74, 6) is 0.559. The summed E-state index contributed by atoms with van der Waals surface area (Å²) in [6.07, 6.45) is 4.19. The van der Waals surface area contributed by atoms with Gasteiger partial charge in [-0.2, -0.15) is 4.98 Å². The normalized spacial score (nSPS) is 14.0. The van der Waals surface area contributed by atoms with Crippen LogP contribution in [0.4, 0.5) is 0 Å². The zero-order chi connectivity index (χ0) is 17.2. The van der Waals surface area contributed by atoms with Gasteiger partial charge in [-0.3, -0.25) is 4.79 Å². The lowest BCUT2D eigenvalue weighted by atomic mass is 10.1. The van der Waals surface area contributed by atoms with Crippen molar-refractivity contribution in [3.05, 3.63) is 68.4 Å². The summed E-state index contributed by atoms with van der Waals surface area (Å²) in [7, 11) is 0. The lowest BCUT2D eigenvalue weighted by molar-refractivity contribution is 0.109. The lowest BCUT2D eigenvalue weighted by Gasteiger charge is -2.15. The molecule has 4 rings (SSSR count). The van der Waals surface area contributed by atoms with Crippen molar-refractivity contribution in [2.75, 3.05) is 6.61 Å². The SMILES string of the molecule is O=c1[nH]c2c(cc1-c1noc(/C=C/c3cccc(Cl)c3)n1)COCC2. The number of fused-ring (bicyclic) bond motifs is 1. The predicted molar refractivity (Wildman–Crippen MR) is 94.1 cm³/mol. The largest absolute Gasteiger partial charge is 0.376 e. The van der Waals surface area contributed by atoms with Crippen LogP contribution < -0.4 is 5.56 Å². The molecule has 0 atom stereocenters. The van der Waals surface area contributed by atoms with E-state index in [1.807, 2.05) is 24.3 Å². The molecule has 126 valence electrons. The van der Waals surface area contributed by atoms with Crippen molar-refractivity contribution in [1.29, 1.82) is 0 Å². The summed E-state index contributed by atoms with van der Waals surface area (Å²) >= 11 is 5.95. The van der Waals surface area contributed by atoms with E-state index < -0.39 is 0 Å². The second kappa shape index (κ2) is 6.66. The zero-order valence-electron chi connectivity index (χ0n) is 13.2. The van der Waals surface area contributed by atoms with Crippen molar-refractivity contribution in [3.63, 3.8) is 0 Å². The number of benzene rings is 1. The van der Waals surface area contributed by atoms with Gasteiger partial charge in [0.05, 0.1) is 18.8 Å². The maximum absolute atomic E-state index is 12.3. The minimum atomic E-state index is -0.230. The van der Waals surface area contributed by atoms with Crippen molar-refractivity contribution in [3.8, 4) is 11.4 Å². The third-order valence-electron chi connectivity index (χ3n) is 3.92. The maximum Gasteiger partial charge on any atom is 0.259 e. The number of pyridine rings is 1. The lowest BCUT2D eigenvalue weighted by Crippen LogP contribution is -2.19. The third kappa shape index (κ3) is 3.40. The van der Waals surface area contributed by atoms with Crippen LogP contribution >= 0.6 is 11.6 Å². The molecule has 7 heteroatoms. The number of aromatic amines is 1. The average molecular weight is 356 g/mol. The van der Waals surface area contributed by atoms with Crippen LogP contribution in [-0.2, 0) is 17.8 Å². The summed E-state index contributed by atoms with van der Waals surface area (Å²) in [5, 5.41) is 4.55. The Bertz CT molecular complexity index is 1010. The molecule has 3 heterocycles. The van der Waals surface area contributed by atoms with Gasteiger partial charge < -0.3 is 14.2 Å². The first-order valence-corrected chi connectivity index (χ1v) is 8.17. The van der Waals surface area contributed by atoms with Crippen molar-refractivity contribution in [1.82, 2.24) is 15.1 Å². The molecule has 1 aliphatic rings. The fraction of sp³-hybridized carbons (Fsp3) is 0.167. The first kappa shape index (κ1) is 15.8. The molecule has 0 saturated carbocycles. The summed E-state index contributed by atoms with van der Waals surface area (Å²) in [5.41, 5.74) is 2.91. The number of hydrogen-bond acceptors (Lipinski definition) is 5. The van der Waals surface area contributed by atoms with Gasteiger partial charge >= 0.3 is 0 Å². The Labute approximate surface area is 148 Å². The van der Waals surface area contributed by atoms with E-state index in [-0.39, 0.29) is 11.4 Å². The molecule has 0 bridgehead atoms. The molecule has 0 radical (unpaired) electrons. The van der Waals surface area contributed by atoms with Gasteiger partial charge in [-0.05, 0) is 35.4 Å². The Morgan fingerprint density at radius 1 is 1.24 bits per heavy atom. The van der Waals surface area contributed by atoms with Crippen molar-refractivity contribution < 1.29 is 9.26 Å². The highest BCUT2D eigenvalue weighted by molar-refractivity contribution is 6.30. The van der Waals surface area contributed by atoms with E-state index in [2.05, 4.69) is 15.1 Å². The van der Waals surface area contributed by atoms with Crippen molar-refractivity contribution in [2.45, 2.75) is 13.0 Å². The van der Waals surface area contributed by atoms with Crippen LogP contribution in [0, 0.1) is 0 Å². The molecule has 0 saturated heterocycles. The average Bonchev–Trinajstić information content (AvgIpc) is 3.08. The first-order chi connectivity index (χ1) is 12.2. The molecule has 3 aromatic rings. The smallest absolute Gasteiger partial charge is 0.259 e. The molecule has 1 aromatic carbocycles. The number of H-pyrrole nitrogens is 1. The molecule has 0 fully saturated rings. The number of aromatic nitrogens is 3. The highest BCUT2D eigenvalue weighted by atomic mass is 35.5. The number of nitrogens with zero attached hydrogens (tertiary/aromatic N) is 2. The number of ether oxygens (including phenoxy) is 1. The minimum Gasteiger partial charge on any atom is -0.376 e. The molecule has 0 unspecified atom stereocenters. The van der Waals surface area contributed by atoms with Gasteiger partial charge in [0.2, 0.25) is 5.82 Å². The van der Waals surface area contributed by atoms with Crippen LogP contribution in [0.1, 0.15) is 22.7 Å². The molecule has 0 aliphatic carbocycles. The van der Waals surface area contributed by atoms with Crippen molar-refractivity contribution >= 4 is 23.8 Å². The Morgan fingerprint density at radius 2 is 2.16 bits per heavy atom. The van der Waals surface area contributed by atoms with Gasteiger partial charge in [0.15, 0.2) is 0 Å². The predicted octanol–water partition coefficient (Wildman–Crippen LogP) is 3.32. The number of rotatable bonds is 3. The molecule has 2 aromatic heterocycles. The van der Waals surface area contributed by atoms with Crippen LogP contribution in [-0.4, -0.2) is 21.7 Å². The molecular formula is C18H14ClN3O3. The van der Waals surface area contributed by atoms with Gasteiger partial charge in [0, 0.05) is 23.2 Å². The van der Waals surface area contributed by atoms with E-state index in [9.17, 15) is 4.79 Å².